The standard InChI is InChI=1S/C10H13N5O2/c1-5-4-8(10(16)17)6(2)15(5)7(3)9-11-13-14-12-9/h4,7H,1-3H3,(H,16,17)(H,11,12,13,14). The maximum absolute atomic E-state index is 11.0. The number of aromatic amines is 1. The number of nitrogens with zero attached hydrogens (tertiary/aromatic N) is 4. The number of carbonyl (C=O) groups is 1. The fraction of sp³-hybridized carbons (Fsp3) is 0.400. The summed E-state index contributed by atoms with van der Waals surface area (Å²) in [7, 11) is 0. The zero-order valence-corrected chi connectivity index (χ0v) is 9.80. The number of carboxylic acids is 1. The number of hydrogen-bond acceptors (Lipinski definition) is 4. The van der Waals surface area contributed by atoms with Gasteiger partial charge >= 0.3 is 5.97 Å². The van der Waals surface area contributed by atoms with Crippen LogP contribution in [0.15, 0.2) is 6.07 Å². The Morgan fingerprint density at radius 3 is 2.71 bits per heavy atom. The molecule has 0 aliphatic heterocycles. The van der Waals surface area contributed by atoms with Crippen molar-refractivity contribution in [3.63, 3.8) is 0 Å². The predicted octanol–water partition coefficient (Wildman–Crippen LogP) is 0.926. The maximum atomic E-state index is 11.0. The number of H-pyrrole nitrogens is 1. The molecule has 2 heterocycles. The SMILES string of the molecule is Cc1cc(C(=O)O)c(C)n1C(C)c1nn[nH]n1. The van der Waals surface area contributed by atoms with E-state index >= 15 is 0 Å². The maximum Gasteiger partial charge on any atom is 0.337 e. The normalized spacial score (nSPS) is 12.6. The van der Waals surface area contributed by atoms with E-state index in [0.29, 0.717) is 17.1 Å². The van der Waals surface area contributed by atoms with Crippen molar-refractivity contribution < 1.29 is 9.90 Å². The van der Waals surface area contributed by atoms with Crippen molar-refractivity contribution in [2.45, 2.75) is 26.8 Å². The molecule has 2 aromatic heterocycles. The summed E-state index contributed by atoms with van der Waals surface area (Å²) >= 11 is 0. The molecule has 7 nitrogen and oxygen atoms in total. The van der Waals surface area contributed by atoms with Crippen LogP contribution >= 0.6 is 0 Å². The molecule has 0 saturated carbocycles. The summed E-state index contributed by atoms with van der Waals surface area (Å²) < 4.78 is 1.88. The molecule has 1 unspecified atom stereocenters. The Balaban J connectivity index is 2.49. The highest BCUT2D eigenvalue weighted by Crippen LogP contribution is 2.23. The van der Waals surface area contributed by atoms with Crippen molar-refractivity contribution in [3.8, 4) is 0 Å². The smallest absolute Gasteiger partial charge is 0.337 e. The van der Waals surface area contributed by atoms with Crippen LogP contribution in [0.3, 0.4) is 0 Å². The van der Waals surface area contributed by atoms with Gasteiger partial charge in [0.25, 0.3) is 0 Å². The Hall–Kier alpha value is -2.18. The van der Waals surface area contributed by atoms with Crippen molar-refractivity contribution in [1.29, 1.82) is 0 Å². The average Bonchev–Trinajstić information content (AvgIpc) is 2.86. The van der Waals surface area contributed by atoms with Gasteiger partial charge in [0.05, 0.1) is 11.6 Å². The van der Waals surface area contributed by atoms with E-state index in [1.165, 1.54) is 0 Å². The lowest BCUT2D eigenvalue weighted by Gasteiger charge is -2.14. The van der Waals surface area contributed by atoms with Gasteiger partial charge in [-0.2, -0.15) is 5.21 Å². The van der Waals surface area contributed by atoms with Crippen molar-refractivity contribution >= 4 is 5.97 Å². The first-order valence-electron chi connectivity index (χ1n) is 5.17. The van der Waals surface area contributed by atoms with Gasteiger partial charge in [-0.15, -0.1) is 10.2 Å². The van der Waals surface area contributed by atoms with Gasteiger partial charge in [-0.3, -0.25) is 0 Å². The molecule has 90 valence electrons. The molecule has 7 heteroatoms. The topological polar surface area (TPSA) is 96.7 Å². The number of hydrogen-bond donors (Lipinski definition) is 2. The minimum Gasteiger partial charge on any atom is -0.478 e. The van der Waals surface area contributed by atoms with Crippen molar-refractivity contribution in [3.05, 3.63) is 28.8 Å². The Bertz CT molecular complexity index is 543. The van der Waals surface area contributed by atoms with E-state index < -0.39 is 5.97 Å². The van der Waals surface area contributed by atoms with Crippen LogP contribution in [0.1, 0.15) is 40.5 Å². The van der Waals surface area contributed by atoms with Crippen LogP contribution in [0.4, 0.5) is 0 Å². The Labute approximate surface area is 97.5 Å². The summed E-state index contributed by atoms with van der Waals surface area (Å²) in [5.41, 5.74) is 1.85. The van der Waals surface area contributed by atoms with Crippen LogP contribution in [0.2, 0.25) is 0 Å². The highest BCUT2D eigenvalue weighted by atomic mass is 16.4. The lowest BCUT2D eigenvalue weighted by Crippen LogP contribution is -2.12. The van der Waals surface area contributed by atoms with Gasteiger partial charge in [-0.05, 0) is 26.8 Å². The van der Waals surface area contributed by atoms with Crippen molar-refractivity contribution in [1.82, 2.24) is 25.2 Å². The van der Waals surface area contributed by atoms with Gasteiger partial charge in [0.2, 0.25) is 0 Å². The second-order valence-electron chi connectivity index (χ2n) is 3.91. The summed E-state index contributed by atoms with van der Waals surface area (Å²) in [4.78, 5) is 11.0. The van der Waals surface area contributed by atoms with Gasteiger partial charge in [-0.1, -0.05) is 5.21 Å². The summed E-state index contributed by atoms with van der Waals surface area (Å²) in [6.45, 7) is 5.53. The first-order valence-corrected chi connectivity index (χ1v) is 5.17. The number of tetrazole rings is 1. The van der Waals surface area contributed by atoms with Gasteiger partial charge in [0, 0.05) is 11.4 Å². The van der Waals surface area contributed by atoms with Gasteiger partial charge < -0.3 is 9.67 Å². The molecule has 0 amide bonds. The third kappa shape index (κ3) is 1.79. The lowest BCUT2D eigenvalue weighted by molar-refractivity contribution is 0.0696. The third-order valence-electron chi connectivity index (χ3n) is 2.84. The van der Waals surface area contributed by atoms with Crippen molar-refractivity contribution in [2.24, 2.45) is 0 Å². The highest BCUT2D eigenvalue weighted by Gasteiger charge is 2.21. The second kappa shape index (κ2) is 4.00. The van der Waals surface area contributed by atoms with Crippen LogP contribution in [0.5, 0.6) is 0 Å². The largest absolute Gasteiger partial charge is 0.478 e. The van der Waals surface area contributed by atoms with Crippen LogP contribution in [0, 0.1) is 13.8 Å². The molecular weight excluding hydrogens is 222 g/mol. The van der Waals surface area contributed by atoms with Gasteiger partial charge in [0.1, 0.15) is 0 Å². The molecule has 0 aromatic carbocycles. The zero-order chi connectivity index (χ0) is 12.6. The fourth-order valence-electron chi connectivity index (χ4n) is 2.05. The van der Waals surface area contributed by atoms with Crippen LogP contribution in [-0.4, -0.2) is 36.3 Å². The summed E-state index contributed by atoms with van der Waals surface area (Å²) in [6.07, 6.45) is 0. The summed E-state index contributed by atoms with van der Waals surface area (Å²) in [6, 6.07) is 1.50. The average molecular weight is 235 g/mol. The van der Waals surface area contributed by atoms with Crippen LogP contribution in [0.25, 0.3) is 0 Å². The number of aryl methyl sites for hydroxylation is 1. The molecule has 2 aromatic rings. The number of rotatable bonds is 3. The van der Waals surface area contributed by atoms with Crippen molar-refractivity contribution in [2.75, 3.05) is 0 Å². The van der Waals surface area contributed by atoms with Gasteiger partial charge in [0.15, 0.2) is 5.82 Å². The Kier molecular flexibility index (Phi) is 2.66. The number of aromatic carboxylic acids is 1. The molecule has 0 aliphatic carbocycles. The molecular formula is C10H13N5O2. The zero-order valence-electron chi connectivity index (χ0n) is 9.80. The molecule has 0 saturated heterocycles. The molecule has 0 fully saturated rings. The first kappa shape index (κ1) is 11.3. The molecule has 2 N–H and O–H groups in total. The van der Waals surface area contributed by atoms with E-state index in [4.69, 9.17) is 5.11 Å². The quantitative estimate of drug-likeness (QED) is 0.824. The van der Waals surface area contributed by atoms with E-state index in [1.54, 1.807) is 13.0 Å². The van der Waals surface area contributed by atoms with E-state index in [2.05, 4.69) is 20.6 Å². The van der Waals surface area contributed by atoms with E-state index in [9.17, 15) is 4.79 Å². The van der Waals surface area contributed by atoms with Gasteiger partial charge in [-0.25, -0.2) is 4.79 Å². The minimum atomic E-state index is -0.926. The Morgan fingerprint density at radius 1 is 1.53 bits per heavy atom. The molecule has 0 spiro atoms. The van der Waals surface area contributed by atoms with E-state index in [0.717, 1.165) is 5.69 Å². The Morgan fingerprint density at radius 2 is 2.24 bits per heavy atom. The second-order valence-corrected chi connectivity index (χ2v) is 3.91. The fourth-order valence-corrected chi connectivity index (χ4v) is 2.05. The number of nitrogens with one attached hydrogen (secondary N) is 1. The summed E-state index contributed by atoms with van der Waals surface area (Å²) in [5, 5.41) is 22.8. The molecule has 0 bridgehead atoms. The third-order valence-corrected chi connectivity index (χ3v) is 2.84. The number of aromatic nitrogens is 5. The molecule has 1 atom stereocenters. The lowest BCUT2D eigenvalue weighted by atomic mass is 10.2. The molecule has 0 radical (unpaired) electrons. The first-order chi connectivity index (χ1) is 8.02. The minimum absolute atomic E-state index is 0.151. The molecule has 2 rings (SSSR count). The predicted molar refractivity (Wildman–Crippen MR) is 58.9 cm³/mol. The highest BCUT2D eigenvalue weighted by molar-refractivity contribution is 5.89. The van der Waals surface area contributed by atoms with Crippen LogP contribution in [-0.2, 0) is 0 Å². The molecule has 0 aliphatic rings. The van der Waals surface area contributed by atoms with E-state index in [-0.39, 0.29) is 6.04 Å². The monoisotopic (exact) mass is 235 g/mol. The summed E-state index contributed by atoms with van der Waals surface area (Å²) in [5.74, 6) is -0.395. The van der Waals surface area contributed by atoms with Crippen LogP contribution < -0.4 is 0 Å². The van der Waals surface area contributed by atoms with E-state index in [1.807, 2.05) is 18.4 Å². The molecule has 17 heavy (non-hydrogen) atoms. The number of carboxylic acid groups (broad SMARTS) is 1.